The van der Waals surface area contributed by atoms with E-state index in [0.29, 0.717) is 35.1 Å². The van der Waals surface area contributed by atoms with Gasteiger partial charge in [0.2, 0.25) is 0 Å². The summed E-state index contributed by atoms with van der Waals surface area (Å²) < 4.78 is 16.3. The van der Waals surface area contributed by atoms with Crippen molar-refractivity contribution in [2.75, 3.05) is 31.0 Å². The van der Waals surface area contributed by atoms with Crippen LogP contribution in [-0.2, 0) is 14.4 Å². The normalized spacial score (nSPS) is 10.4. The largest absolute Gasteiger partial charge is 0.493 e. The van der Waals surface area contributed by atoms with Crippen molar-refractivity contribution in [2.24, 2.45) is 5.10 Å². The quantitative estimate of drug-likeness (QED) is 0.149. The van der Waals surface area contributed by atoms with E-state index in [9.17, 15) is 14.4 Å². The molecule has 0 aliphatic rings. The molecular formula is C29H30N4O6. The standard InChI is InChI=1S/C29H30N4O6/c1-5-15-38-23-12-10-22(11-13-23)31-28(35)29(36)33-30-17-21-9-14-25(26(16-21)37-4)39-18-27(34)32-24-8-6-7-19(2)20(24)3/h5-14,16-17H,1,15,18H2,2-4H3,(H,31,35)(H,32,34)(H,33,36)/b30-17-. The van der Waals surface area contributed by atoms with Gasteiger partial charge in [-0.25, -0.2) is 5.43 Å². The number of nitrogens with zero attached hydrogens (tertiary/aromatic N) is 1. The third-order valence-electron chi connectivity index (χ3n) is 5.49. The number of aryl methyl sites for hydroxylation is 1. The van der Waals surface area contributed by atoms with Gasteiger partial charge in [-0.05, 0) is 79.1 Å². The van der Waals surface area contributed by atoms with Crippen LogP contribution in [0.3, 0.4) is 0 Å². The Hall–Kier alpha value is -5.12. The SMILES string of the molecule is C=CCOc1ccc(NC(=O)C(=O)N/N=C\c2ccc(OCC(=O)Nc3cccc(C)c3C)c(OC)c2)cc1. The Morgan fingerprint density at radius 3 is 2.41 bits per heavy atom. The van der Waals surface area contributed by atoms with Gasteiger partial charge in [-0.3, -0.25) is 14.4 Å². The molecule has 3 rings (SSSR count). The molecule has 0 bridgehead atoms. The van der Waals surface area contributed by atoms with E-state index in [4.69, 9.17) is 14.2 Å². The van der Waals surface area contributed by atoms with Gasteiger partial charge in [0.15, 0.2) is 18.1 Å². The molecule has 0 unspecified atom stereocenters. The zero-order valence-corrected chi connectivity index (χ0v) is 21.9. The fourth-order valence-corrected chi connectivity index (χ4v) is 3.29. The van der Waals surface area contributed by atoms with Gasteiger partial charge < -0.3 is 24.8 Å². The number of nitrogens with one attached hydrogen (secondary N) is 3. The molecule has 0 saturated heterocycles. The van der Waals surface area contributed by atoms with Crippen LogP contribution in [0.2, 0.25) is 0 Å². The maximum Gasteiger partial charge on any atom is 0.329 e. The minimum absolute atomic E-state index is 0.215. The van der Waals surface area contributed by atoms with Gasteiger partial charge in [0.25, 0.3) is 5.91 Å². The number of hydrogen-bond donors (Lipinski definition) is 3. The molecule has 0 atom stereocenters. The van der Waals surface area contributed by atoms with Crippen LogP contribution in [0.4, 0.5) is 11.4 Å². The number of hydrazone groups is 1. The van der Waals surface area contributed by atoms with E-state index < -0.39 is 11.8 Å². The smallest absolute Gasteiger partial charge is 0.329 e. The Kier molecular flexibility index (Phi) is 10.2. The highest BCUT2D eigenvalue weighted by atomic mass is 16.5. The van der Waals surface area contributed by atoms with E-state index in [0.717, 1.165) is 16.8 Å². The molecule has 10 heteroatoms. The van der Waals surface area contributed by atoms with Crippen molar-refractivity contribution < 1.29 is 28.6 Å². The van der Waals surface area contributed by atoms with E-state index >= 15 is 0 Å². The first-order valence-electron chi connectivity index (χ1n) is 12.0. The van der Waals surface area contributed by atoms with Crippen molar-refractivity contribution in [3.63, 3.8) is 0 Å². The molecular weight excluding hydrogens is 500 g/mol. The maximum absolute atomic E-state index is 12.4. The van der Waals surface area contributed by atoms with Crippen LogP contribution in [0, 0.1) is 13.8 Å². The molecule has 0 fully saturated rings. The van der Waals surface area contributed by atoms with E-state index in [-0.39, 0.29) is 12.5 Å². The second-order valence-electron chi connectivity index (χ2n) is 8.27. The Morgan fingerprint density at radius 1 is 0.923 bits per heavy atom. The summed E-state index contributed by atoms with van der Waals surface area (Å²) in [7, 11) is 1.46. The molecule has 0 heterocycles. The number of hydrogen-bond acceptors (Lipinski definition) is 7. The van der Waals surface area contributed by atoms with Crippen molar-refractivity contribution in [3.05, 3.63) is 90.0 Å². The summed E-state index contributed by atoms with van der Waals surface area (Å²) >= 11 is 0. The van der Waals surface area contributed by atoms with Crippen molar-refractivity contribution >= 4 is 35.3 Å². The summed E-state index contributed by atoms with van der Waals surface area (Å²) in [4.78, 5) is 36.6. The Balaban J connectivity index is 1.51. The summed E-state index contributed by atoms with van der Waals surface area (Å²) in [5, 5.41) is 9.13. The summed E-state index contributed by atoms with van der Waals surface area (Å²) in [5.41, 5.74) is 5.95. The fraction of sp³-hybridized carbons (Fsp3) is 0.172. The van der Waals surface area contributed by atoms with E-state index in [1.807, 2.05) is 32.0 Å². The lowest BCUT2D eigenvalue weighted by atomic mass is 10.1. The number of carbonyl (C=O) groups is 3. The third kappa shape index (κ3) is 8.46. The molecule has 10 nitrogen and oxygen atoms in total. The van der Waals surface area contributed by atoms with Gasteiger partial charge in [0, 0.05) is 11.4 Å². The van der Waals surface area contributed by atoms with Crippen LogP contribution in [-0.4, -0.2) is 44.3 Å². The number of amides is 3. The van der Waals surface area contributed by atoms with Gasteiger partial charge >= 0.3 is 11.8 Å². The predicted molar refractivity (Wildman–Crippen MR) is 150 cm³/mol. The van der Waals surface area contributed by atoms with Crippen molar-refractivity contribution in [1.29, 1.82) is 0 Å². The van der Waals surface area contributed by atoms with Crippen molar-refractivity contribution in [2.45, 2.75) is 13.8 Å². The zero-order valence-electron chi connectivity index (χ0n) is 21.9. The summed E-state index contributed by atoms with van der Waals surface area (Å²) in [5.74, 6) is -0.811. The Morgan fingerprint density at radius 2 is 1.69 bits per heavy atom. The second kappa shape index (κ2) is 14.0. The molecule has 39 heavy (non-hydrogen) atoms. The van der Waals surface area contributed by atoms with Crippen LogP contribution in [0.1, 0.15) is 16.7 Å². The highest BCUT2D eigenvalue weighted by Crippen LogP contribution is 2.27. The minimum Gasteiger partial charge on any atom is -0.493 e. The molecule has 0 radical (unpaired) electrons. The molecule has 0 spiro atoms. The lowest BCUT2D eigenvalue weighted by Gasteiger charge is -2.13. The lowest BCUT2D eigenvalue weighted by molar-refractivity contribution is -0.136. The molecule has 3 N–H and O–H groups in total. The molecule has 3 aromatic carbocycles. The van der Waals surface area contributed by atoms with Gasteiger partial charge in [-0.1, -0.05) is 24.8 Å². The van der Waals surface area contributed by atoms with Crippen LogP contribution in [0.15, 0.2) is 78.4 Å². The van der Waals surface area contributed by atoms with Crippen molar-refractivity contribution in [1.82, 2.24) is 5.43 Å². The maximum atomic E-state index is 12.4. The molecule has 0 aromatic heterocycles. The summed E-state index contributed by atoms with van der Waals surface area (Å²) in [6, 6.07) is 17.1. The minimum atomic E-state index is -0.944. The van der Waals surface area contributed by atoms with Crippen LogP contribution in [0.25, 0.3) is 0 Å². The number of benzene rings is 3. The Bertz CT molecular complexity index is 1370. The molecule has 0 saturated carbocycles. The van der Waals surface area contributed by atoms with E-state index in [1.54, 1.807) is 48.5 Å². The summed E-state index contributed by atoms with van der Waals surface area (Å²) in [6.07, 6.45) is 2.96. The Labute approximate surface area is 226 Å². The molecule has 0 aliphatic carbocycles. The number of carbonyl (C=O) groups excluding carboxylic acids is 3. The zero-order chi connectivity index (χ0) is 28.2. The number of methoxy groups -OCH3 is 1. The number of ether oxygens (including phenoxy) is 3. The monoisotopic (exact) mass is 530 g/mol. The van der Waals surface area contributed by atoms with Crippen LogP contribution >= 0.6 is 0 Å². The second-order valence-corrected chi connectivity index (χ2v) is 8.27. The highest BCUT2D eigenvalue weighted by Gasteiger charge is 2.13. The van der Waals surface area contributed by atoms with Gasteiger partial charge in [-0.15, -0.1) is 0 Å². The summed E-state index contributed by atoms with van der Waals surface area (Å²) in [6.45, 7) is 7.63. The first-order valence-corrected chi connectivity index (χ1v) is 12.0. The fourth-order valence-electron chi connectivity index (χ4n) is 3.29. The van der Waals surface area contributed by atoms with E-state index in [2.05, 4.69) is 27.7 Å². The van der Waals surface area contributed by atoms with E-state index in [1.165, 1.54) is 13.3 Å². The van der Waals surface area contributed by atoms with Crippen LogP contribution < -0.4 is 30.3 Å². The number of rotatable bonds is 11. The molecule has 202 valence electrons. The predicted octanol–water partition coefficient (Wildman–Crippen LogP) is 3.98. The van der Waals surface area contributed by atoms with Gasteiger partial charge in [-0.2, -0.15) is 5.10 Å². The highest BCUT2D eigenvalue weighted by molar-refractivity contribution is 6.39. The van der Waals surface area contributed by atoms with Gasteiger partial charge in [0.05, 0.1) is 13.3 Å². The van der Waals surface area contributed by atoms with Crippen LogP contribution in [0.5, 0.6) is 17.2 Å². The lowest BCUT2D eigenvalue weighted by Crippen LogP contribution is -2.32. The molecule has 3 aromatic rings. The molecule has 0 aliphatic heterocycles. The van der Waals surface area contributed by atoms with Crippen molar-refractivity contribution in [3.8, 4) is 17.2 Å². The average Bonchev–Trinajstić information content (AvgIpc) is 2.94. The molecule has 3 amide bonds. The number of anilines is 2. The first-order chi connectivity index (χ1) is 18.8. The third-order valence-corrected chi connectivity index (χ3v) is 5.49. The first kappa shape index (κ1) is 28.5. The average molecular weight is 531 g/mol. The topological polar surface area (TPSA) is 127 Å². The van der Waals surface area contributed by atoms with Gasteiger partial charge in [0.1, 0.15) is 12.4 Å².